The van der Waals surface area contributed by atoms with E-state index in [4.69, 9.17) is 8.42 Å². The summed E-state index contributed by atoms with van der Waals surface area (Å²) in [5, 5.41) is 0. The smallest absolute Gasteiger partial charge is 0.207 e. The lowest BCUT2D eigenvalue weighted by atomic mass is 10.1. The zero-order chi connectivity index (χ0) is 11.5. The van der Waals surface area contributed by atoms with Crippen LogP contribution in [0, 0.1) is 5.82 Å². The summed E-state index contributed by atoms with van der Waals surface area (Å²) in [7, 11) is 4.81. The first kappa shape index (κ1) is 12.7. The molecule has 0 radical (unpaired) electrons. The van der Waals surface area contributed by atoms with E-state index in [0.717, 1.165) is 0 Å². The number of benzene rings is 1. The molecule has 0 aliphatic heterocycles. The third-order valence-corrected chi connectivity index (χ3v) is 1.90. The molecule has 0 bridgehead atoms. The van der Waals surface area contributed by atoms with Gasteiger partial charge in [-0.3, -0.25) is 0 Å². The molecule has 0 unspecified atom stereocenters. The van der Waals surface area contributed by atoms with E-state index in [-0.39, 0.29) is 5.82 Å². The number of halogens is 3. The van der Waals surface area contributed by atoms with Gasteiger partial charge in [-0.05, 0) is 36.5 Å². The Kier molecular flexibility index (Phi) is 4.37. The second-order valence-corrected chi connectivity index (χ2v) is 6.88. The fourth-order valence-corrected chi connectivity index (χ4v) is 1.18. The maximum Gasteiger partial charge on any atom is 0.317 e. The summed E-state index contributed by atoms with van der Waals surface area (Å²) in [5.41, 5.74) is 1.17. The average molecular weight is 271 g/mol. The minimum atomic E-state index is -3.72. The van der Waals surface area contributed by atoms with Gasteiger partial charge in [0.25, 0.3) is 0 Å². The van der Waals surface area contributed by atoms with E-state index in [2.05, 4.69) is 21.4 Å². The summed E-state index contributed by atoms with van der Waals surface area (Å²) in [6, 6.07) is 6.91. The lowest BCUT2D eigenvalue weighted by Crippen LogP contribution is -1.79. The Labute approximate surface area is 96.9 Å². The lowest BCUT2D eigenvalue weighted by Gasteiger charge is -1.94. The van der Waals surface area contributed by atoms with E-state index in [1.165, 1.54) is 24.5 Å². The topological polar surface area (TPSA) is 34.1 Å². The third-order valence-electron chi connectivity index (χ3n) is 1.90. The fraction of sp³-hybridized carbons (Fsp3) is 0.333. The second-order valence-electron chi connectivity index (χ2n) is 3.21. The van der Waals surface area contributed by atoms with Crippen molar-refractivity contribution in [2.24, 2.45) is 0 Å². The Bertz CT molecular complexity index is 421. The van der Waals surface area contributed by atoms with Gasteiger partial charge in [0.2, 0.25) is 0 Å². The molecule has 1 aliphatic rings. The molecular formula is C9H9Cl2FO2S. The van der Waals surface area contributed by atoms with Gasteiger partial charge in [0.1, 0.15) is 5.82 Å². The summed E-state index contributed by atoms with van der Waals surface area (Å²) in [5.74, 6) is 0.556. The molecule has 1 aromatic carbocycles. The van der Waals surface area contributed by atoms with Crippen LogP contribution < -0.4 is 0 Å². The highest BCUT2D eigenvalue weighted by Gasteiger charge is 2.23. The lowest BCUT2D eigenvalue weighted by molar-refractivity contribution is 0.621. The first-order chi connectivity index (χ1) is 6.86. The summed E-state index contributed by atoms with van der Waals surface area (Å²) < 4.78 is 30.9. The molecular weight excluding hydrogens is 262 g/mol. The normalized spacial score (nSPS) is 15.4. The molecule has 0 heterocycles. The van der Waals surface area contributed by atoms with Gasteiger partial charge in [0.15, 0.2) is 0 Å². The average Bonchev–Trinajstić information content (AvgIpc) is 2.82. The summed E-state index contributed by atoms with van der Waals surface area (Å²) in [4.78, 5) is 0. The van der Waals surface area contributed by atoms with Gasteiger partial charge in [0, 0.05) is 21.4 Å². The molecule has 1 aromatic rings. The third kappa shape index (κ3) is 6.71. The van der Waals surface area contributed by atoms with Gasteiger partial charge < -0.3 is 0 Å². The van der Waals surface area contributed by atoms with E-state index in [0.29, 0.717) is 5.92 Å². The van der Waals surface area contributed by atoms with Crippen molar-refractivity contribution in [2.45, 2.75) is 18.8 Å². The van der Waals surface area contributed by atoms with E-state index in [1.54, 1.807) is 12.1 Å². The molecule has 0 aromatic heterocycles. The van der Waals surface area contributed by atoms with Crippen LogP contribution in [0.1, 0.15) is 24.3 Å². The Hall–Kier alpha value is -0.320. The van der Waals surface area contributed by atoms with Crippen LogP contribution in [0.15, 0.2) is 24.3 Å². The van der Waals surface area contributed by atoms with Crippen molar-refractivity contribution in [2.75, 3.05) is 0 Å². The molecule has 6 heteroatoms. The molecule has 1 fully saturated rings. The maximum atomic E-state index is 12.6. The highest BCUT2D eigenvalue weighted by Crippen LogP contribution is 2.39. The van der Waals surface area contributed by atoms with Crippen molar-refractivity contribution in [3.63, 3.8) is 0 Å². The van der Waals surface area contributed by atoms with Crippen molar-refractivity contribution < 1.29 is 12.8 Å². The van der Waals surface area contributed by atoms with Gasteiger partial charge in [-0.1, -0.05) is 12.1 Å². The van der Waals surface area contributed by atoms with Crippen LogP contribution in [0.4, 0.5) is 4.39 Å². The molecule has 0 spiro atoms. The summed E-state index contributed by atoms with van der Waals surface area (Å²) in [6.45, 7) is 0. The van der Waals surface area contributed by atoms with Crippen LogP contribution in [0.2, 0.25) is 0 Å². The zero-order valence-corrected chi connectivity index (χ0v) is 9.99. The van der Waals surface area contributed by atoms with E-state index in [1.807, 2.05) is 6.07 Å². The van der Waals surface area contributed by atoms with Gasteiger partial charge in [-0.15, -0.1) is 0 Å². The molecule has 84 valence electrons. The summed E-state index contributed by atoms with van der Waals surface area (Å²) in [6.07, 6.45) is 2.48. The van der Waals surface area contributed by atoms with Gasteiger partial charge >= 0.3 is 8.26 Å². The Balaban J connectivity index is 0.000000195. The number of rotatable bonds is 1. The molecule has 0 saturated heterocycles. The molecule has 0 amide bonds. The highest BCUT2D eigenvalue weighted by atomic mass is 36.0. The molecule has 0 atom stereocenters. The first-order valence-corrected chi connectivity index (χ1v) is 7.39. The number of hydrogen-bond donors (Lipinski definition) is 0. The maximum absolute atomic E-state index is 12.6. The quantitative estimate of drug-likeness (QED) is 0.733. The molecule has 0 N–H and O–H groups in total. The van der Waals surface area contributed by atoms with Crippen molar-refractivity contribution in [3.8, 4) is 0 Å². The van der Waals surface area contributed by atoms with Crippen molar-refractivity contribution in [3.05, 3.63) is 35.6 Å². The zero-order valence-electron chi connectivity index (χ0n) is 7.66. The highest BCUT2D eigenvalue weighted by molar-refractivity contribution is 8.31. The molecule has 15 heavy (non-hydrogen) atoms. The van der Waals surface area contributed by atoms with Crippen LogP contribution >= 0.6 is 21.4 Å². The van der Waals surface area contributed by atoms with Crippen molar-refractivity contribution in [1.82, 2.24) is 0 Å². The SMILES string of the molecule is Fc1cccc(C2CC2)c1.O=S(=O)(Cl)Cl. The van der Waals surface area contributed by atoms with E-state index >= 15 is 0 Å². The predicted octanol–water partition coefficient (Wildman–Crippen LogP) is 3.41. The standard InChI is InChI=1S/C9H9F.Cl2O2S/c10-9-3-1-2-8(6-9)7-4-5-7;1-5(2,3)4/h1-3,6-7H,4-5H2;. The van der Waals surface area contributed by atoms with Crippen molar-refractivity contribution in [1.29, 1.82) is 0 Å². The second kappa shape index (κ2) is 5.14. The molecule has 1 saturated carbocycles. The monoisotopic (exact) mass is 270 g/mol. The van der Waals surface area contributed by atoms with Crippen LogP contribution in [0.5, 0.6) is 0 Å². The van der Waals surface area contributed by atoms with Gasteiger partial charge in [-0.2, -0.15) is 8.42 Å². The van der Waals surface area contributed by atoms with E-state index < -0.39 is 8.26 Å². The van der Waals surface area contributed by atoms with Crippen LogP contribution in [0.3, 0.4) is 0 Å². The predicted molar refractivity (Wildman–Crippen MR) is 59.0 cm³/mol. The van der Waals surface area contributed by atoms with E-state index in [9.17, 15) is 4.39 Å². The van der Waals surface area contributed by atoms with Crippen LogP contribution in [0.25, 0.3) is 0 Å². The Morgan fingerprint density at radius 1 is 1.27 bits per heavy atom. The molecule has 1 aliphatic carbocycles. The minimum Gasteiger partial charge on any atom is -0.207 e. The first-order valence-electron chi connectivity index (χ1n) is 4.26. The van der Waals surface area contributed by atoms with Crippen molar-refractivity contribution >= 4 is 29.6 Å². The Morgan fingerprint density at radius 2 is 1.80 bits per heavy atom. The number of hydrogen-bond acceptors (Lipinski definition) is 2. The van der Waals surface area contributed by atoms with Gasteiger partial charge in [0.05, 0.1) is 0 Å². The largest absolute Gasteiger partial charge is 0.317 e. The Morgan fingerprint density at radius 3 is 2.20 bits per heavy atom. The van der Waals surface area contributed by atoms with Crippen LogP contribution in [-0.4, -0.2) is 8.42 Å². The van der Waals surface area contributed by atoms with Crippen LogP contribution in [-0.2, 0) is 8.26 Å². The summed E-state index contributed by atoms with van der Waals surface area (Å²) >= 11 is 0. The fourth-order valence-electron chi connectivity index (χ4n) is 1.18. The minimum absolute atomic E-state index is 0.107. The molecule has 2 rings (SSSR count). The molecule has 2 nitrogen and oxygen atoms in total. The van der Waals surface area contributed by atoms with Gasteiger partial charge in [-0.25, -0.2) is 4.39 Å².